The minimum absolute atomic E-state index is 0.0794. The number of hydrogen-bond acceptors (Lipinski definition) is 10. The van der Waals surface area contributed by atoms with Crippen LogP contribution in [0.4, 0.5) is 0 Å². The van der Waals surface area contributed by atoms with Crippen LogP contribution >= 0.6 is 0 Å². The molecule has 34 heavy (non-hydrogen) atoms. The molecular formula is C21H38N4O9. The second-order valence-electron chi connectivity index (χ2n) is 9.20. The van der Waals surface area contributed by atoms with Gasteiger partial charge in [-0.15, -0.1) is 0 Å². The lowest BCUT2D eigenvalue weighted by Gasteiger charge is -2.37. The molecule has 2 aliphatic heterocycles. The molecular weight excluding hydrogens is 452 g/mol. The Hall–Kier alpha value is -1.87. The quantitative estimate of drug-likeness (QED) is 0.309. The highest BCUT2D eigenvalue weighted by Gasteiger charge is 2.35. The monoisotopic (exact) mass is 490 g/mol. The second kappa shape index (κ2) is 13.3. The number of aliphatic hydroxyl groups excluding tert-OH is 1. The highest BCUT2D eigenvalue weighted by Crippen LogP contribution is 2.20. The maximum atomic E-state index is 11.4. The molecule has 0 saturated carbocycles. The van der Waals surface area contributed by atoms with E-state index in [1.807, 2.05) is 4.90 Å². The molecule has 0 aromatic rings. The van der Waals surface area contributed by atoms with Crippen LogP contribution in [0.1, 0.15) is 13.8 Å². The number of rotatable bonds is 7. The van der Waals surface area contributed by atoms with Gasteiger partial charge in [0, 0.05) is 52.4 Å². The highest BCUT2D eigenvalue weighted by atomic mass is 16.7. The topological polar surface area (TPSA) is 164 Å². The fourth-order valence-electron chi connectivity index (χ4n) is 4.12. The molecule has 13 heteroatoms. The molecule has 2 heterocycles. The van der Waals surface area contributed by atoms with Gasteiger partial charge in [-0.1, -0.05) is 0 Å². The molecule has 196 valence electrons. The Kier molecular flexibility index (Phi) is 11.1. The number of aliphatic carboxylic acids is 3. The summed E-state index contributed by atoms with van der Waals surface area (Å²) in [7, 11) is 0. The smallest absolute Gasteiger partial charge is 0.317 e. The van der Waals surface area contributed by atoms with Gasteiger partial charge in [0.15, 0.2) is 5.79 Å². The Labute approximate surface area is 199 Å². The first kappa shape index (κ1) is 28.4. The predicted molar refractivity (Wildman–Crippen MR) is 120 cm³/mol. The third-order valence-electron chi connectivity index (χ3n) is 6.06. The molecule has 0 aliphatic carbocycles. The first-order chi connectivity index (χ1) is 15.9. The summed E-state index contributed by atoms with van der Waals surface area (Å²) in [6.45, 7) is 6.14. The van der Waals surface area contributed by atoms with Gasteiger partial charge in [-0.25, -0.2) is 0 Å². The van der Waals surface area contributed by atoms with Gasteiger partial charge in [-0.2, -0.15) is 0 Å². The van der Waals surface area contributed by atoms with Gasteiger partial charge in [0.05, 0.1) is 45.0 Å². The van der Waals surface area contributed by atoms with Gasteiger partial charge in [-0.05, 0) is 13.8 Å². The third-order valence-corrected chi connectivity index (χ3v) is 6.06. The van der Waals surface area contributed by atoms with E-state index in [2.05, 4.69) is 0 Å². The van der Waals surface area contributed by atoms with Crippen LogP contribution in [-0.4, -0.2) is 161 Å². The summed E-state index contributed by atoms with van der Waals surface area (Å²) < 4.78 is 11.5. The normalized spacial score (nSPS) is 27.3. The van der Waals surface area contributed by atoms with E-state index in [-0.39, 0.29) is 32.8 Å². The number of aliphatic hydroxyl groups is 1. The Morgan fingerprint density at radius 2 is 1.06 bits per heavy atom. The molecule has 2 aliphatic rings. The van der Waals surface area contributed by atoms with E-state index in [1.165, 1.54) is 0 Å². The van der Waals surface area contributed by atoms with E-state index >= 15 is 0 Å². The fourth-order valence-corrected chi connectivity index (χ4v) is 4.12. The standard InChI is InChI=1S/C21H38N4O9/c1-21(2)33-14-16(17(26)15-34-21)25-9-7-23(12-19(29)30)5-3-22(11-18(27)28)4-6-24(8-10-25)13-20(31)32/h16-17,26H,3-15H2,1-2H3,(H,27,28)(H,29,30)(H,31,32)/t16-,17-/m1/s1. The van der Waals surface area contributed by atoms with Gasteiger partial charge < -0.3 is 29.9 Å². The molecule has 0 aromatic heterocycles. The zero-order valence-electron chi connectivity index (χ0n) is 20.0. The zero-order valence-corrected chi connectivity index (χ0v) is 20.0. The van der Waals surface area contributed by atoms with Crippen molar-refractivity contribution in [1.82, 2.24) is 19.6 Å². The van der Waals surface area contributed by atoms with E-state index in [9.17, 15) is 34.8 Å². The van der Waals surface area contributed by atoms with E-state index in [4.69, 9.17) is 9.47 Å². The molecule has 2 rings (SSSR count). The van der Waals surface area contributed by atoms with Crippen molar-refractivity contribution in [3.63, 3.8) is 0 Å². The zero-order chi connectivity index (χ0) is 25.3. The van der Waals surface area contributed by atoms with Crippen molar-refractivity contribution in [3.8, 4) is 0 Å². The first-order valence-electron chi connectivity index (χ1n) is 11.5. The molecule has 2 saturated heterocycles. The van der Waals surface area contributed by atoms with Crippen LogP contribution in [-0.2, 0) is 23.9 Å². The summed E-state index contributed by atoms with van der Waals surface area (Å²) in [5.41, 5.74) is 0. The average Bonchev–Trinajstić information content (AvgIpc) is 2.85. The van der Waals surface area contributed by atoms with Gasteiger partial charge in [0.25, 0.3) is 0 Å². The van der Waals surface area contributed by atoms with Crippen LogP contribution < -0.4 is 0 Å². The van der Waals surface area contributed by atoms with Crippen LogP contribution in [0.5, 0.6) is 0 Å². The molecule has 13 nitrogen and oxygen atoms in total. The van der Waals surface area contributed by atoms with Gasteiger partial charge >= 0.3 is 17.9 Å². The lowest BCUT2D eigenvalue weighted by molar-refractivity contribution is -0.204. The third kappa shape index (κ3) is 10.2. The predicted octanol–water partition coefficient (Wildman–Crippen LogP) is -2.03. The van der Waals surface area contributed by atoms with Crippen LogP contribution in [0.25, 0.3) is 0 Å². The average molecular weight is 491 g/mol. The minimum atomic E-state index is -1.000. The first-order valence-corrected chi connectivity index (χ1v) is 11.5. The maximum absolute atomic E-state index is 11.4. The number of carboxylic acids is 3. The summed E-state index contributed by atoms with van der Waals surface area (Å²) in [6, 6.07) is -0.411. The van der Waals surface area contributed by atoms with Crippen molar-refractivity contribution < 1.29 is 44.3 Å². The van der Waals surface area contributed by atoms with E-state index < -0.39 is 35.8 Å². The molecule has 0 amide bonds. The van der Waals surface area contributed by atoms with E-state index in [0.717, 1.165) is 0 Å². The van der Waals surface area contributed by atoms with Crippen LogP contribution in [0.3, 0.4) is 0 Å². The van der Waals surface area contributed by atoms with Crippen molar-refractivity contribution in [2.24, 2.45) is 0 Å². The Bertz CT molecular complexity index is 661. The Morgan fingerprint density at radius 3 is 1.44 bits per heavy atom. The summed E-state index contributed by atoms with van der Waals surface area (Å²) in [5, 5.41) is 38.6. The molecule has 4 N–H and O–H groups in total. The molecule has 2 fully saturated rings. The SMILES string of the molecule is CC1(C)OC[C@@H](O)[C@H](N2CCN(CC(=O)O)CCN(CC(=O)O)CCN(CC(=O)O)CC2)CO1. The number of ether oxygens (including phenoxy) is 2. The molecule has 0 aromatic carbocycles. The summed E-state index contributed by atoms with van der Waals surface area (Å²) in [6.07, 6.45) is -0.832. The fraction of sp³-hybridized carbons (Fsp3) is 0.857. The molecule has 2 atom stereocenters. The Balaban J connectivity index is 2.21. The summed E-state index contributed by atoms with van der Waals surface area (Å²) >= 11 is 0. The Morgan fingerprint density at radius 1 is 0.706 bits per heavy atom. The van der Waals surface area contributed by atoms with E-state index in [0.29, 0.717) is 52.4 Å². The van der Waals surface area contributed by atoms with Crippen molar-refractivity contribution in [3.05, 3.63) is 0 Å². The van der Waals surface area contributed by atoms with Gasteiger partial charge in [0.2, 0.25) is 0 Å². The lowest BCUT2D eigenvalue weighted by atomic mass is 10.1. The molecule has 0 radical (unpaired) electrons. The number of carbonyl (C=O) groups is 3. The van der Waals surface area contributed by atoms with Crippen LogP contribution in [0, 0.1) is 0 Å². The molecule has 0 spiro atoms. The van der Waals surface area contributed by atoms with Crippen molar-refractivity contribution in [2.45, 2.75) is 31.8 Å². The van der Waals surface area contributed by atoms with Crippen LogP contribution in [0.2, 0.25) is 0 Å². The summed E-state index contributed by atoms with van der Waals surface area (Å²) in [5.74, 6) is -3.81. The molecule has 0 unspecified atom stereocenters. The van der Waals surface area contributed by atoms with E-state index in [1.54, 1.807) is 28.5 Å². The summed E-state index contributed by atoms with van der Waals surface area (Å²) in [4.78, 5) is 41.2. The number of hydrogen-bond donors (Lipinski definition) is 4. The van der Waals surface area contributed by atoms with Gasteiger partial charge in [-0.3, -0.25) is 34.0 Å². The lowest BCUT2D eigenvalue weighted by Crippen LogP contribution is -2.54. The van der Waals surface area contributed by atoms with Crippen molar-refractivity contribution in [1.29, 1.82) is 0 Å². The molecule has 0 bridgehead atoms. The van der Waals surface area contributed by atoms with Crippen molar-refractivity contribution in [2.75, 3.05) is 85.2 Å². The van der Waals surface area contributed by atoms with Crippen molar-refractivity contribution >= 4 is 17.9 Å². The maximum Gasteiger partial charge on any atom is 0.317 e. The number of nitrogens with zero attached hydrogens (tertiary/aromatic N) is 4. The highest BCUT2D eigenvalue weighted by molar-refractivity contribution is 5.69. The largest absolute Gasteiger partial charge is 0.480 e. The second-order valence-corrected chi connectivity index (χ2v) is 9.20. The number of carboxylic acid groups (broad SMARTS) is 3. The van der Waals surface area contributed by atoms with Gasteiger partial charge in [0.1, 0.15) is 0 Å². The minimum Gasteiger partial charge on any atom is -0.480 e. The van der Waals surface area contributed by atoms with Crippen LogP contribution in [0.15, 0.2) is 0 Å².